The lowest BCUT2D eigenvalue weighted by atomic mass is 10.1. The van der Waals surface area contributed by atoms with Crippen LogP contribution in [0.4, 0.5) is 14.5 Å². The number of non-ortho nitro benzene ring substituents is 1. The van der Waals surface area contributed by atoms with Gasteiger partial charge in [-0.05, 0) is 37.1 Å². The third-order valence-corrected chi connectivity index (χ3v) is 4.40. The molecule has 0 unspecified atom stereocenters. The van der Waals surface area contributed by atoms with E-state index >= 15 is 0 Å². The summed E-state index contributed by atoms with van der Waals surface area (Å²) >= 11 is 0. The minimum Gasteiger partial charge on any atom is -0.350 e. The molecule has 3 amide bonds. The van der Waals surface area contributed by atoms with Crippen LogP contribution in [-0.4, -0.2) is 34.7 Å². The van der Waals surface area contributed by atoms with E-state index in [0.717, 1.165) is 12.1 Å². The molecule has 9 nitrogen and oxygen atoms in total. The van der Waals surface area contributed by atoms with Crippen LogP contribution in [0.3, 0.4) is 0 Å². The predicted octanol–water partition coefficient (Wildman–Crippen LogP) is 1.74. The van der Waals surface area contributed by atoms with Crippen LogP contribution in [0.25, 0.3) is 0 Å². The maximum absolute atomic E-state index is 13.2. The summed E-state index contributed by atoms with van der Waals surface area (Å²) in [6.07, 6.45) is -0.328. The monoisotopic (exact) mass is 448 g/mol. The first-order valence-electron chi connectivity index (χ1n) is 9.61. The van der Waals surface area contributed by atoms with Gasteiger partial charge in [-0.2, -0.15) is 0 Å². The molecule has 0 saturated heterocycles. The third-order valence-electron chi connectivity index (χ3n) is 4.40. The summed E-state index contributed by atoms with van der Waals surface area (Å²) < 4.78 is 26.4. The van der Waals surface area contributed by atoms with Crippen molar-refractivity contribution in [2.24, 2.45) is 0 Å². The van der Waals surface area contributed by atoms with Crippen molar-refractivity contribution >= 4 is 23.4 Å². The Morgan fingerprint density at radius 2 is 1.56 bits per heavy atom. The summed E-state index contributed by atoms with van der Waals surface area (Å²) in [5, 5.41) is 18.2. The molecule has 2 aromatic carbocycles. The van der Waals surface area contributed by atoms with E-state index < -0.39 is 46.4 Å². The van der Waals surface area contributed by atoms with Gasteiger partial charge in [0.25, 0.3) is 5.69 Å². The number of nitrogens with zero attached hydrogens (tertiary/aromatic N) is 1. The molecular formula is C21H22F2N4O5. The molecule has 0 radical (unpaired) electrons. The maximum atomic E-state index is 13.2. The quantitative estimate of drug-likeness (QED) is 0.397. The molecule has 0 heterocycles. The van der Waals surface area contributed by atoms with Crippen LogP contribution in [0.2, 0.25) is 0 Å². The van der Waals surface area contributed by atoms with Gasteiger partial charge in [-0.3, -0.25) is 24.5 Å². The zero-order valence-corrected chi connectivity index (χ0v) is 17.4. The number of carbonyl (C=O) groups is 3. The first-order valence-corrected chi connectivity index (χ1v) is 9.61. The van der Waals surface area contributed by atoms with E-state index in [1.807, 2.05) is 0 Å². The van der Waals surface area contributed by atoms with Gasteiger partial charge in [-0.1, -0.05) is 12.1 Å². The SMILES string of the molecule is C[C@H](NC(=O)Cc1cc(F)cc(F)c1)C(=O)N[C@@H](C)C(=O)NCc1cccc([N+](=O)[O-])c1. The molecule has 0 bridgehead atoms. The van der Waals surface area contributed by atoms with Gasteiger partial charge in [-0.15, -0.1) is 0 Å². The van der Waals surface area contributed by atoms with E-state index in [0.29, 0.717) is 11.6 Å². The van der Waals surface area contributed by atoms with Crippen molar-refractivity contribution in [3.8, 4) is 0 Å². The standard InChI is InChI=1S/C21H22F2N4O5/c1-12(20(29)24-11-14-4-3-5-18(8-14)27(31)32)26-21(30)13(2)25-19(28)9-15-6-16(22)10-17(23)7-15/h3-8,10,12-13H,9,11H2,1-2H3,(H,24,29)(H,25,28)(H,26,30)/t12-,13-/m0/s1. The highest BCUT2D eigenvalue weighted by atomic mass is 19.1. The lowest BCUT2D eigenvalue weighted by Gasteiger charge is -2.18. The van der Waals surface area contributed by atoms with Gasteiger partial charge in [0.05, 0.1) is 11.3 Å². The number of hydrogen-bond acceptors (Lipinski definition) is 5. The molecular weight excluding hydrogens is 426 g/mol. The number of halogens is 2. The average molecular weight is 448 g/mol. The molecule has 2 aromatic rings. The van der Waals surface area contributed by atoms with Gasteiger partial charge in [-0.25, -0.2) is 8.78 Å². The van der Waals surface area contributed by atoms with Crippen molar-refractivity contribution in [1.29, 1.82) is 0 Å². The summed E-state index contributed by atoms with van der Waals surface area (Å²) in [4.78, 5) is 46.7. The zero-order valence-electron chi connectivity index (χ0n) is 17.4. The van der Waals surface area contributed by atoms with Crippen molar-refractivity contribution in [3.63, 3.8) is 0 Å². The molecule has 0 aromatic heterocycles. The fourth-order valence-electron chi connectivity index (χ4n) is 2.78. The Hall–Kier alpha value is -3.89. The number of hydrogen-bond donors (Lipinski definition) is 3. The average Bonchev–Trinajstić information content (AvgIpc) is 2.71. The molecule has 0 fully saturated rings. The fraction of sp³-hybridized carbons (Fsp3) is 0.286. The highest BCUT2D eigenvalue weighted by molar-refractivity contribution is 5.91. The highest BCUT2D eigenvalue weighted by Crippen LogP contribution is 2.13. The molecule has 0 aliphatic carbocycles. The van der Waals surface area contributed by atoms with E-state index in [-0.39, 0.29) is 24.2 Å². The second-order valence-electron chi connectivity index (χ2n) is 7.12. The number of nitro groups is 1. The topological polar surface area (TPSA) is 130 Å². The van der Waals surface area contributed by atoms with E-state index in [1.165, 1.54) is 32.0 Å². The third kappa shape index (κ3) is 7.42. The largest absolute Gasteiger partial charge is 0.350 e. The summed E-state index contributed by atoms with van der Waals surface area (Å²) in [6, 6.07) is 6.52. The number of benzene rings is 2. The Kier molecular flexibility index (Phi) is 8.33. The van der Waals surface area contributed by atoms with E-state index in [4.69, 9.17) is 0 Å². The van der Waals surface area contributed by atoms with Gasteiger partial charge in [0.1, 0.15) is 23.7 Å². The fourth-order valence-corrected chi connectivity index (χ4v) is 2.78. The first kappa shape index (κ1) is 24.4. The number of amides is 3. The molecule has 170 valence electrons. The van der Waals surface area contributed by atoms with Gasteiger partial charge < -0.3 is 16.0 Å². The van der Waals surface area contributed by atoms with Crippen molar-refractivity contribution in [3.05, 3.63) is 75.3 Å². The van der Waals surface area contributed by atoms with Crippen LogP contribution in [0, 0.1) is 21.7 Å². The summed E-state index contributed by atoms with van der Waals surface area (Å²) in [5.41, 5.74) is 0.519. The Morgan fingerprint density at radius 1 is 0.938 bits per heavy atom. The minimum absolute atomic E-state index is 0.0250. The zero-order chi connectivity index (χ0) is 23.8. The maximum Gasteiger partial charge on any atom is 0.269 e. The van der Waals surface area contributed by atoms with Crippen molar-refractivity contribution in [1.82, 2.24) is 16.0 Å². The van der Waals surface area contributed by atoms with Gasteiger partial charge in [0, 0.05) is 24.7 Å². The second kappa shape index (κ2) is 10.9. The van der Waals surface area contributed by atoms with Crippen LogP contribution in [0.15, 0.2) is 42.5 Å². The van der Waals surface area contributed by atoms with Crippen LogP contribution in [0.1, 0.15) is 25.0 Å². The number of nitrogens with one attached hydrogen (secondary N) is 3. The molecule has 32 heavy (non-hydrogen) atoms. The number of rotatable bonds is 9. The lowest BCUT2D eigenvalue weighted by molar-refractivity contribution is -0.384. The normalized spacial score (nSPS) is 12.4. The van der Waals surface area contributed by atoms with Gasteiger partial charge in [0.15, 0.2) is 0 Å². The Labute approximate surface area is 182 Å². The van der Waals surface area contributed by atoms with Crippen molar-refractivity contribution in [2.45, 2.75) is 38.9 Å². The van der Waals surface area contributed by atoms with Crippen molar-refractivity contribution < 1.29 is 28.1 Å². The van der Waals surface area contributed by atoms with Gasteiger partial charge in [0.2, 0.25) is 17.7 Å². The lowest BCUT2D eigenvalue weighted by Crippen LogP contribution is -2.51. The second-order valence-corrected chi connectivity index (χ2v) is 7.12. The van der Waals surface area contributed by atoms with Crippen LogP contribution < -0.4 is 16.0 Å². The van der Waals surface area contributed by atoms with E-state index in [9.17, 15) is 33.3 Å². The Balaban J connectivity index is 1.82. The smallest absolute Gasteiger partial charge is 0.269 e. The molecule has 0 spiro atoms. The van der Waals surface area contributed by atoms with Crippen LogP contribution >= 0.6 is 0 Å². The molecule has 0 aliphatic heterocycles. The first-order chi connectivity index (χ1) is 15.0. The van der Waals surface area contributed by atoms with Crippen LogP contribution in [0.5, 0.6) is 0 Å². The van der Waals surface area contributed by atoms with Crippen molar-refractivity contribution in [2.75, 3.05) is 0 Å². The van der Waals surface area contributed by atoms with Crippen LogP contribution in [-0.2, 0) is 27.3 Å². The molecule has 3 N–H and O–H groups in total. The molecule has 0 aliphatic rings. The summed E-state index contributed by atoms with van der Waals surface area (Å²) in [6.45, 7) is 2.86. The summed E-state index contributed by atoms with van der Waals surface area (Å²) in [7, 11) is 0. The minimum atomic E-state index is -1.01. The number of nitro benzene ring substituents is 1. The van der Waals surface area contributed by atoms with E-state index in [1.54, 1.807) is 6.07 Å². The number of carbonyl (C=O) groups excluding carboxylic acids is 3. The highest BCUT2D eigenvalue weighted by Gasteiger charge is 2.21. The Bertz CT molecular complexity index is 1010. The summed E-state index contributed by atoms with van der Waals surface area (Å²) in [5.74, 6) is -3.42. The van der Waals surface area contributed by atoms with E-state index in [2.05, 4.69) is 16.0 Å². The molecule has 2 atom stereocenters. The Morgan fingerprint density at radius 3 is 2.19 bits per heavy atom. The molecule has 11 heteroatoms. The predicted molar refractivity (Wildman–Crippen MR) is 110 cm³/mol. The molecule has 0 saturated carbocycles. The molecule has 2 rings (SSSR count). The van der Waals surface area contributed by atoms with Gasteiger partial charge >= 0.3 is 0 Å².